The van der Waals surface area contributed by atoms with Gasteiger partial charge in [-0.15, -0.1) is 0 Å². The molecule has 35 heavy (non-hydrogen) atoms. The van der Waals surface area contributed by atoms with Crippen molar-refractivity contribution in [2.24, 2.45) is 7.05 Å². The van der Waals surface area contributed by atoms with Gasteiger partial charge in [0, 0.05) is 24.6 Å². The van der Waals surface area contributed by atoms with Gasteiger partial charge in [-0.05, 0) is 19.2 Å². The summed E-state index contributed by atoms with van der Waals surface area (Å²) < 4.78 is 48.6. The number of benzene rings is 1. The molecule has 0 unspecified atom stereocenters. The van der Waals surface area contributed by atoms with Gasteiger partial charge in [0.2, 0.25) is 5.88 Å². The van der Waals surface area contributed by atoms with E-state index in [1.54, 1.807) is 18.8 Å². The molecule has 0 bridgehead atoms. The number of hydrogen-bond acceptors (Lipinski definition) is 5. The van der Waals surface area contributed by atoms with Crippen LogP contribution in [0.2, 0.25) is 5.02 Å². The van der Waals surface area contributed by atoms with Crippen molar-refractivity contribution in [3.05, 3.63) is 46.6 Å². The Balaban J connectivity index is 1.92. The van der Waals surface area contributed by atoms with Crippen LogP contribution in [0.4, 0.5) is 13.2 Å². The van der Waals surface area contributed by atoms with Crippen LogP contribution in [0.25, 0.3) is 33.8 Å². The summed E-state index contributed by atoms with van der Waals surface area (Å²) in [4.78, 5) is 12.3. The van der Waals surface area contributed by atoms with Gasteiger partial charge in [-0.25, -0.2) is 9.97 Å². The number of rotatable bonds is 6. The number of nitrogens with one attached hydrogen (secondary N) is 2. The number of ether oxygens (including phenoxy) is 1. The Bertz CT molecular complexity index is 1370. The summed E-state index contributed by atoms with van der Waals surface area (Å²) >= 11 is 6.69. The summed E-state index contributed by atoms with van der Waals surface area (Å²) in [5, 5.41) is 7.98. The van der Waals surface area contributed by atoms with E-state index >= 15 is 0 Å². The molecule has 186 valence electrons. The molecule has 0 atom stereocenters. The number of aryl methyl sites for hydroxylation is 1. The second-order valence-corrected chi connectivity index (χ2v) is 9.55. The lowest BCUT2D eigenvalue weighted by molar-refractivity contribution is -0.137. The maximum atomic E-state index is 13.7. The predicted octanol–water partition coefficient (Wildman–Crippen LogP) is 5.59. The zero-order chi connectivity index (χ0) is 25.5. The molecule has 0 saturated heterocycles. The standard InChI is InChI=1S/C24H26ClF3N6O/c1-23(2,3)20-17(25)19(34(5)33-20)21-30-16-12-15(13-8-6-7-9-14(13)24(26,27)28)31-22(18(16)32-21)35-11-10-29-4/h6-9,12,29H,10-11H2,1-5H3,(H,30,32). The summed E-state index contributed by atoms with van der Waals surface area (Å²) in [6, 6.07) is 6.81. The molecule has 0 aliphatic rings. The van der Waals surface area contributed by atoms with Crippen molar-refractivity contribution in [2.45, 2.75) is 32.4 Å². The van der Waals surface area contributed by atoms with Crippen molar-refractivity contribution in [1.29, 1.82) is 0 Å². The molecule has 3 aromatic heterocycles. The Morgan fingerprint density at radius 2 is 1.86 bits per heavy atom. The van der Waals surface area contributed by atoms with Crippen LogP contribution < -0.4 is 10.1 Å². The Morgan fingerprint density at radius 3 is 2.49 bits per heavy atom. The van der Waals surface area contributed by atoms with Crippen LogP contribution in [-0.2, 0) is 18.6 Å². The van der Waals surface area contributed by atoms with E-state index in [4.69, 9.17) is 16.3 Å². The molecule has 0 saturated carbocycles. The fourth-order valence-corrected chi connectivity index (χ4v) is 4.31. The third-order valence-corrected chi connectivity index (χ3v) is 5.82. The number of hydrogen-bond donors (Lipinski definition) is 2. The first kappa shape index (κ1) is 25.0. The number of likely N-dealkylation sites (N-methyl/N-ethyl adjacent to an activating group) is 1. The lowest BCUT2D eigenvalue weighted by Crippen LogP contribution is -2.16. The molecule has 0 fully saturated rings. The van der Waals surface area contributed by atoms with Gasteiger partial charge >= 0.3 is 6.18 Å². The number of imidazole rings is 1. The van der Waals surface area contributed by atoms with Gasteiger partial charge < -0.3 is 15.0 Å². The first-order valence-electron chi connectivity index (χ1n) is 11.0. The SMILES string of the molecule is CNCCOc1nc(-c2ccccc2C(F)(F)F)cc2nc(-c3c(Cl)c(C(C)(C)C)nn3C)[nH]c12. The van der Waals surface area contributed by atoms with Crippen LogP contribution in [0, 0.1) is 0 Å². The molecular weight excluding hydrogens is 481 g/mol. The van der Waals surface area contributed by atoms with Crippen molar-refractivity contribution in [3.63, 3.8) is 0 Å². The van der Waals surface area contributed by atoms with Gasteiger partial charge in [0.25, 0.3) is 0 Å². The van der Waals surface area contributed by atoms with Crippen LogP contribution in [0.15, 0.2) is 30.3 Å². The minimum absolute atomic E-state index is 0.0569. The van der Waals surface area contributed by atoms with Gasteiger partial charge in [0.15, 0.2) is 5.82 Å². The number of nitrogens with zero attached hydrogens (tertiary/aromatic N) is 4. The van der Waals surface area contributed by atoms with E-state index < -0.39 is 11.7 Å². The zero-order valence-corrected chi connectivity index (χ0v) is 20.8. The van der Waals surface area contributed by atoms with Crippen molar-refractivity contribution in [1.82, 2.24) is 30.0 Å². The molecule has 3 heterocycles. The van der Waals surface area contributed by atoms with E-state index in [0.717, 1.165) is 6.07 Å². The molecule has 0 radical (unpaired) electrons. The maximum absolute atomic E-state index is 13.7. The highest BCUT2D eigenvalue weighted by Crippen LogP contribution is 2.40. The number of H-pyrrole nitrogens is 1. The Labute approximate surface area is 205 Å². The van der Waals surface area contributed by atoms with Crippen LogP contribution in [-0.4, -0.2) is 44.9 Å². The first-order valence-corrected chi connectivity index (χ1v) is 11.4. The number of aromatic nitrogens is 5. The average molecular weight is 507 g/mol. The van der Waals surface area contributed by atoms with Gasteiger partial charge in [-0.1, -0.05) is 50.6 Å². The van der Waals surface area contributed by atoms with Gasteiger partial charge in [-0.3, -0.25) is 4.68 Å². The highest BCUT2D eigenvalue weighted by atomic mass is 35.5. The molecule has 2 N–H and O–H groups in total. The minimum Gasteiger partial charge on any atom is -0.475 e. The molecule has 4 rings (SSSR count). The van der Waals surface area contributed by atoms with E-state index in [0.29, 0.717) is 39.8 Å². The lowest BCUT2D eigenvalue weighted by atomic mass is 9.92. The third kappa shape index (κ3) is 4.85. The highest BCUT2D eigenvalue weighted by Gasteiger charge is 2.34. The number of halogens is 4. The van der Waals surface area contributed by atoms with Crippen molar-refractivity contribution >= 4 is 22.6 Å². The van der Waals surface area contributed by atoms with Gasteiger partial charge in [0.05, 0.1) is 27.5 Å². The lowest BCUT2D eigenvalue weighted by Gasteiger charge is -2.15. The smallest absolute Gasteiger partial charge is 0.417 e. The molecule has 4 aromatic rings. The van der Waals surface area contributed by atoms with Crippen molar-refractivity contribution in [3.8, 4) is 28.7 Å². The number of fused-ring (bicyclic) bond motifs is 1. The summed E-state index contributed by atoms with van der Waals surface area (Å²) in [7, 11) is 3.53. The summed E-state index contributed by atoms with van der Waals surface area (Å²) in [5.74, 6) is 0.565. The summed E-state index contributed by atoms with van der Waals surface area (Å²) in [5.41, 5.74) is 1.10. The third-order valence-electron chi connectivity index (χ3n) is 5.46. The van der Waals surface area contributed by atoms with E-state index in [1.807, 2.05) is 20.8 Å². The molecule has 7 nitrogen and oxygen atoms in total. The van der Waals surface area contributed by atoms with E-state index in [9.17, 15) is 13.2 Å². The Kier molecular flexibility index (Phi) is 6.54. The normalized spacial score (nSPS) is 12.5. The quantitative estimate of drug-likeness (QED) is 0.333. The minimum atomic E-state index is -4.54. The van der Waals surface area contributed by atoms with E-state index in [1.165, 1.54) is 24.3 Å². The van der Waals surface area contributed by atoms with Crippen LogP contribution in [0.1, 0.15) is 32.0 Å². The molecule has 1 aromatic carbocycles. The van der Waals surface area contributed by atoms with E-state index in [2.05, 4.69) is 25.4 Å². The number of aromatic amines is 1. The van der Waals surface area contributed by atoms with Crippen LogP contribution in [0.5, 0.6) is 5.88 Å². The molecule has 0 amide bonds. The first-order chi connectivity index (χ1) is 16.4. The van der Waals surface area contributed by atoms with Crippen molar-refractivity contribution in [2.75, 3.05) is 20.2 Å². The van der Waals surface area contributed by atoms with Crippen LogP contribution >= 0.6 is 11.6 Å². The molecule has 0 aliphatic carbocycles. The fraction of sp³-hybridized carbons (Fsp3) is 0.375. The molecule has 0 spiro atoms. The second kappa shape index (κ2) is 9.16. The highest BCUT2D eigenvalue weighted by molar-refractivity contribution is 6.33. The molecular formula is C24H26ClF3N6O. The Morgan fingerprint density at radius 1 is 1.14 bits per heavy atom. The topological polar surface area (TPSA) is 80.7 Å². The molecule has 11 heteroatoms. The largest absolute Gasteiger partial charge is 0.475 e. The Hall–Kier alpha value is -3.11. The monoisotopic (exact) mass is 506 g/mol. The fourth-order valence-electron chi connectivity index (χ4n) is 3.77. The zero-order valence-electron chi connectivity index (χ0n) is 20.0. The van der Waals surface area contributed by atoms with Gasteiger partial charge in [-0.2, -0.15) is 18.3 Å². The molecule has 0 aliphatic heterocycles. The predicted molar refractivity (Wildman–Crippen MR) is 130 cm³/mol. The number of pyridine rings is 1. The second-order valence-electron chi connectivity index (χ2n) is 9.17. The number of alkyl halides is 3. The summed E-state index contributed by atoms with van der Waals surface area (Å²) in [6.45, 7) is 6.80. The van der Waals surface area contributed by atoms with Crippen molar-refractivity contribution < 1.29 is 17.9 Å². The van der Waals surface area contributed by atoms with Gasteiger partial charge in [0.1, 0.15) is 17.8 Å². The van der Waals surface area contributed by atoms with Crippen LogP contribution in [0.3, 0.4) is 0 Å². The summed E-state index contributed by atoms with van der Waals surface area (Å²) in [6.07, 6.45) is -4.54. The maximum Gasteiger partial charge on any atom is 0.417 e. The van der Waals surface area contributed by atoms with E-state index in [-0.39, 0.29) is 29.2 Å². The average Bonchev–Trinajstić information content (AvgIpc) is 3.33.